The molecule has 1 saturated heterocycles. The number of piperazine rings is 1. The third-order valence-electron chi connectivity index (χ3n) is 7.16. The molecule has 0 unspecified atom stereocenters. The molecule has 1 aliphatic heterocycles. The first kappa shape index (κ1) is 20.4. The molecule has 0 bridgehead atoms. The zero-order valence-corrected chi connectivity index (χ0v) is 17.7. The lowest BCUT2D eigenvalue weighted by Gasteiger charge is -2.41. The first-order valence-corrected chi connectivity index (χ1v) is 11.6. The van der Waals surface area contributed by atoms with E-state index in [2.05, 4.69) is 34.5 Å². The van der Waals surface area contributed by atoms with Crippen molar-refractivity contribution < 1.29 is 9.59 Å². The minimum Gasteiger partial charge on any atom is -0.348 e. The van der Waals surface area contributed by atoms with Crippen molar-refractivity contribution in [1.29, 1.82) is 0 Å². The van der Waals surface area contributed by atoms with Crippen molar-refractivity contribution in [1.82, 2.24) is 15.1 Å². The molecule has 1 saturated carbocycles. The number of aryl methyl sites for hydroxylation is 1. The Morgan fingerprint density at radius 3 is 2.48 bits per heavy atom. The van der Waals surface area contributed by atoms with Gasteiger partial charge in [0.1, 0.15) is 0 Å². The van der Waals surface area contributed by atoms with E-state index in [9.17, 15) is 9.59 Å². The second-order valence-electron chi connectivity index (χ2n) is 8.91. The number of amides is 2. The fourth-order valence-corrected chi connectivity index (χ4v) is 5.59. The van der Waals surface area contributed by atoms with Gasteiger partial charge < -0.3 is 10.2 Å². The van der Waals surface area contributed by atoms with E-state index in [1.807, 2.05) is 11.8 Å². The van der Waals surface area contributed by atoms with Crippen LogP contribution in [0.2, 0.25) is 0 Å². The summed E-state index contributed by atoms with van der Waals surface area (Å²) in [6.07, 6.45) is 8.59. The maximum absolute atomic E-state index is 13.5. The number of nitrogens with zero attached hydrogens (tertiary/aromatic N) is 2. The summed E-state index contributed by atoms with van der Waals surface area (Å²) in [6.45, 7) is 5.03. The van der Waals surface area contributed by atoms with Gasteiger partial charge in [0.15, 0.2) is 0 Å². The van der Waals surface area contributed by atoms with E-state index in [0.29, 0.717) is 12.3 Å². The highest BCUT2D eigenvalue weighted by Gasteiger charge is 2.38. The summed E-state index contributed by atoms with van der Waals surface area (Å²) in [5.74, 6) is 0.876. The van der Waals surface area contributed by atoms with E-state index in [1.54, 1.807) is 0 Å². The van der Waals surface area contributed by atoms with Crippen LogP contribution in [0.25, 0.3) is 0 Å². The summed E-state index contributed by atoms with van der Waals surface area (Å²) in [6, 6.07) is 8.65. The van der Waals surface area contributed by atoms with Crippen molar-refractivity contribution in [2.75, 3.05) is 26.2 Å². The summed E-state index contributed by atoms with van der Waals surface area (Å²) >= 11 is 0. The number of hydrogen-bond donors (Lipinski definition) is 1. The molecule has 0 aromatic heterocycles. The molecule has 0 spiro atoms. The van der Waals surface area contributed by atoms with Gasteiger partial charge >= 0.3 is 0 Å². The highest BCUT2D eigenvalue weighted by molar-refractivity contribution is 5.83. The number of rotatable bonds is 5. The molecule has 4 rings (SSSR count). The molecule has 2 atom stereocenters. The summed E-state index contributed by atoms with van der Waals surface area (Å²) in [5.41, 5.74) is 2.68. The molecule has 0 radical (unpaired) electrons. The largest absolute Gasteiger partial charge is 0.348 e. The van der Waals surface area contributed by atoms with Crippen LogP contribution in [0, 0.1) is 5.92 Å². The van der Waals surface area contributed by atoms with Crippen molar-refractivity contribution >= 4 is 11.8 Å². The molecule has 29 heavy (non-hydrogen) atoms. The van der Waals surface area contributed by atoms with E-state index in [0.717, 1.165) is 58.3 Å². The monoisotopic (exact) mass is 397 g/mol. The van der Waals surface area contributed by atoms with Crippen LogP contribution in [0.15, 0.2) is 24.3 Å². The number of benzene rings is 1. The van der Waals surface area contributed by atoms with Gasteiger partial charge in [0.05, 0.1) is 12.1 Å². The Balaban J connectivity index is 1.46. The summed E-state index contributed by atoms with van der Waals surface area (Å²) in [7, 11) is 0. The average molecular weight is 398 g/mol. The van der Waals surface area contributed by atoms with Crippen LogP contribution in [-0.2, 0) is 16.0 Å². The summed E-state index contributed by atoms with van der Waals surface area (Å²) < 4.78 is 0. The number of hydrogen-bond acceptors (Lipinski definition) is 3. The Morgan fingerprint density at radius 2 is 1.76 bits per heavy atom. The van der Waals surface area contributed by atoms with Crippen molar-refractivity contribution in [3.8, 4) is 0 Å². The van der Waals surface area contributed by atoms with Crippen LogP contribution in [0.5, 0.6) is 0 Å². The van der Waals surface area contributed by atoms with Crippen LogP contribution in [-0.4, -0.2) is 53.8 Å². The highest BCUT2D eigenvalue weighted by Crippen LogP contribution is 2.33. The van der Waals surface area contributed by atoms with Gasteiger partial charge in [-0.05, 0) is 49.1 Å². The average Bonchev–Trinajstić information content (AvgIpc) is 3.28. The van der Waals surface area contributed by atoms with Crippen molar-refractivity contribution in [2.45, 2.75) is 70.4 Å². The Hall–Kier alpha value is -1.88. The number of fused-ring (bicyclic) bond motifs is 1. The normalized spacial score (nSPS) is 24.2. The molecule has 1 aromatic carbocycles. The van der Waals surface area contributed by atoms with Gasteiger partial charge in [-0.25, -0.2) is 0 Å². The second kappa shape index (κ2) is 9.29. The molecular weight excluding hydrogens is 362 g/mol. The van der Waals surface area contributed by atoms with Gasteiger partial charge in [0, 0.05) is 32.6 Å². The Bertz CT molecular complexity index is 721. The van der Waals surface area contributed by atoms with E-state index in [1.165, 1.54) is 24.0 Å². The lowest BCUT2D eigenvalue weighted by molar-refractivity contribution is -0.135. The van der Waals surface area contributed by atoms with E-state index in [-0.39, 0.29) is 23.9 Å². The molecule has 5 heteroatoms. The number of carbonyl (C=O) groups is 2. The maximum Gasteiger partial charge on any atom is 0.238 e. The summed E-state index contributed by atoms with van der Waals surface area (Å²) in [4.78, 5) is 29.9. The highest BCUT2D eigenvalue weighted by atomic mass is 16.2. The molecule has 5 nitrogen and oxygen atoms in total. The Labute approximate surface area is 174 Å². The SMILES string of the molecule is CCC(=O)N1CCN([C@H](C(=O)N[C@H]2CCCc3ccccc32)C2CCCC2)CC1. The standard InChI is InChI=1S/C24H35N3O2/c1-2-22(28)26-14-16-27(17-15-26)23(19-9-3-4-10-19)24(29)25-21-13-7-11-18-8-5-6-12-20(18)21/h5-6,8,12,19,21,23H,2-4,7,9-11,13-17H2,1H3,(H,25,29)/t21-,23-/m0/s1. The van der Waals surface area contributed by atoms with Crippen molar-refractivity contribution in [2.24, 2.45) is 5.92 Å². The molecule has 2 amide bonds. The quantitative estimate of drug-likeness (QED) is 0.829. The predicted octanol–water partition coefficient (Wildman–Crippen LogP) is 3.29. The molecule has 2 fully saturated rings. The fourth-order valence-electron chi connectivity index (χ4n) is 5.59. The topological polar surface area (TPSA) is 52.7 Å². The van der Waals surface area contributed by atoms with Crippen LogP contribution >= 0.6 is 0 Å². The molecule has 158 valence electrons. The van der Waals surface area contributed by atoms with Gasteiger partial charge in [0.25, 0.3) is 0 Å². The van der Waals surface area contributed by atoms with Gasteiger partial charge in [-0.2, -0.15) is 0 Å². The van der Waals surface area contributed by atoms with Crippen molar-refractivity contribution in [3.63, 3.8) is 0 Å². The lowest BCUT2D eigenvalue weighted by Crippen LogP contribution is -2.58. The number of carbonyl (C=O) groups excluding carboxylic acids is 2. The van der Waals surface area contributed by atoms with Crippen LogP contribution < -0.4 is 5.32 Å². The fraction of sp³-hybridized carbons (Fsp3) is 0.667. The van der Waals surface area contributed by atoms with Crippen LogP contribution in [0.4, 0.5) is 0 Å². The minimum atomic E-state index is -0.0505. The first-order valence-electron chi connectivity index (χ1n) is 11.6. The van der Waals surface area contributed by atoms with Gasteiger partial charge in [-0.1, -0.05) is 44.0 Å². The molecule has 1 N–H and O–H groups in total. The smallest absolute Gasteiger partial charge is 0.238 e. The molecular formula is C24H35N3O2. The number of nitrogens with one attached hydrogen (secondary N) is 1. The van der Waals surface area contributed by atoms with Crippen molar-refractivity contribution in [3.05, 3.63) is 35.4 Å². The van der Waals surface area contributed by atoms with Crippen LogP contribution in [0.3, 0.4) is 0 Å². The summed E-state index contributed by atoms with van der Waals surface area (Å²) in [5, 5.41) is 3.43. The van der Waals surface area contributed by atoms with E-state index in [4.69, 9.17) is 0 Å². The first-order chi connectivity index (χ1) is 14.2. The van der Waals surface area contributed by atoms with Gasteiger partial charge in [-0.3, -0.25) is 14.5 Å². The molecule has 2 aliphatic carbocycles. The van der Waals surface area contributed by atoms with E-state index >= 15 is 0 Å². The zero-order valence-electron chi connectivity index (χ0n) is 17.7. The molecule has 1 heterocycles. The Kier molecular flexibility index (Phi) is 6.53. The zero-order chi connectivity index (χ0) is 20.2. The second-order valence-corrected chi connectivity index (χ2v) is 8.91. The van der Waals surface area contributed by atoms with Gasteiger partial charge in [0.2, 0.25) is 11.8 Å². The minimum absolute atomic E-state index is 0.0505. The Morgan fingerprint density at radius 1 is 1.03 bits per heavy atom. The molecule has 3 aliphatic rings. The lowest BCUT2D eigenvalue weighted by atomic mass is 9.87. The van der Waals surface area contributed by atoms with Crippen LogP contribution in [0.1, 0.15) is 69.0 Å². The van der Waals surface area contributed by atoms with Gasteiger partial charge in [-0.15, -0.1) is 0 Å². The predicted molar refractivity (Wildman–Crippen MR) is 114 cm³/mol. The third-order valence-corrected chi connectivity index (χ3v) is 7.16. The third kappa shape index (κ3) is 4.50. The van der Waals surface area contributed by atoms with E-state index < -0.39 is 0 Å². The maximum atomic E-state index is 13.5. The molecule has 1 aromatic rings.